The number of anilines is 1. The Morgan fingerprint density at radius 3 is 2.58 bits per heavy atom. The fourth-order valence-electron chi connectivity index (χ4n) is 1.83. The van der Waals surface area contributed by atoms with Crippen LogP contribution in [-0.2, 0) is 13.7 Å². The molecule has 0 saturated heterocycles. The standard InChI is InChI=1S/C16H11FN6O/c1-23-9-11(8-21-23)10-24-16-3-2-13(4-14(16)17)22-15(7-20)12(5-18)6-19/h2-4,8-9,22H,10H2,1H3. The van der Waals surface area contributed by atoms with E-state index in [1.165, 1.54) is 12.1 Å². The summed E-state index contributed by atoms with van der Waals surface area (Å²) in [4.78, 5) is 0. The fourth-order valence-corrected chi connectivity index (χ4v) is 1.83. The van der Waals surface area contributed by atoms with Crippen LogP contribution in [0.5, 0.6) is 5.75 Å². The first-order chi connectivity index (χ1) is 11.6. The first kappa shape index (κ1) is 16.5. The highest BCUT2D eigenvalue weighted by molar-refractivity contribution is 5.59. The van der Waals surface area contributed by atoms with Crippen molar-refractivity contribution in [3.8, 4) is 24.0 Å². The van der Waals surface area contributed by atoms with Crippen molar-refractivity contribution in [2.24, 2.45) is 7.05 Å². The summed E-state index contributed by atoms with van der Waals surface area (Å²) < 4.78 is 21.0. The Balaban J connectivity index is 2.12. The zero-order chi connectivity index (χ0) is 17.5. The minimum atomic E-state index is -0.642. The van der Waals surface area contributed by atoms with Crippen molar-refractivity contribution in [1.82, 2.24) is 9.78 Å². The highest BCUT2D eigenvalue weighted by atomic mass is 19.1. The molecule has 0 fully saturated rings. The third kappa shape index (κ3) is 3.88. The molecule has 2 aromatic rings. The summed E-state index contributed by atoms with van der Waals surface area (Å²) in [7, 11) is 1.77. The van der Waals surface area contributed by atoms with E-state index in [-0.39, 0.29) is 29.3 Å². The Hall–Kier alpha value is -3.83. The minimum Gasteiger partial charge on any atom is -0.486 e. The van der Waals surface area contributed by atoms with Crippen molar-refractivity contribution in [2.45, 2.75) is 6.61 Å². The Bertz CT molecular complexity index is 894. The number of allylic oxidation sites excluding steroid dienone is 2. The number of ether oxygens (including phenoxy) is 1. The molecule has 7 nitrogen and oxygen atoms in total. The smallest absolute Gasteiger partial charge is 0.167 e. The molecule has 0 saturated carbocycles. The van der Waals surface area contributed by atoms with Crippen molar-refractivity contribution < 1.29 is 9.13 Å². The quantitative estimate of drug-likeness (QED) is 0.846. The molecule has 1 aromatic carbocycles. The van der Waals surface area contributed by atoms with E-state index in [2.05, 4.69) is 10.4 Å². The van der Waals surface area contributed by atoms with Gasteiger partial charge in [0.05, 0.1) is 6.20 Å². The van der Waals surface area contributed by atoms with Crippen molar-refractivity contribution >= 4 is 5.69 Å². The maximum Gasteiger partial charge on any atom is 0.167 e. The molecule has 0 aliphatic carbocycles. The number of nitrogens with zero attached hydrogens (tertiary/aromatic N) is 5. The van der Waals surface area contributed by atoms with Crippen LogP contribution in [0.1, 0.15) is 5.56 Å². The summed E-state index contributed by atoms with van der Waals surface area (Å²) in [5.41, 5.74) is 0.389. The van der Waals surface area contributed by atoms with Gasteiger partial charge in [-0.1, -0.05) is 0 Å². The predicted molar refractivity (Wildman–Crippen MR) is 81.4 cm³/mol. The van der Waals surface area contributed by atoms with E-state index in [0.29, 0.717) is 0 Å². The van der Waals surface area contributed by atoms with Crippen LogP contribution in [-0.4, -0.2) is 9.78 Å². The van der Waals surface area contributed by atoms with E-state index >= 15 is 0 Å². The van der Waals surface area contributed by atoms with Crippen LogP contribution in [0, 0.1) is 39.8 Å². The van der Waals surface area contributed by atoms with Gasteiger partial charge in [0.15, 0.2) is 17.1 Å². The average Bonchev–Trinajstić information content (AvgIpc) is 2.99. The molecular formula is C16H11FN6O. The fraction of sp³-hybridized carbons (Fsp3) is 0.125. The Kier molecular flexibility index (Phi) is 5.13. The molecule has 0 radical (unpaired) electrons. The van der Waals surface area contributed by atoms with E-state index in [1.54, 1.807) is 42.3 Å². The number of aromatic nitrogens is 2. The van der Waals surface area contributed by atoms with Gasteiger partial charge in [0.1, 0.15) is 30.5 Å². The second-order valence-electron chi connectivity index (χ2n) is 4.67. The summed E-state index contributed by atoms with van der Waals surface area (Å²) in [6, 6.07) is 8.87. The van der Waals surface area contributed by atoms with Crippen molar-refractivity contribution in [3.63, 3.8) is 0 Å². The van der Waals surface area contributed by atoms with Crippen molar-refractivity contribution in [3.05, 3.63) is 53.2 Å². The van der Waals surface area contributed by atoms with Gasteiger partial charge in [-0.2, -0.15) is 20.9 Å². The van der Waals surface area contributed by atoms with E-state index in [9.17, 15) is 4.39 Å². The number of hydrogen-bond acceptors (Lipinski definition) is 6. The predicted octanol–water partition coefficient (Wildman–Crippen LogP) is 2.37. The largest absolute Gasteiger partial charge is 0.486 e. The van der Waals surface area contributed by atoms with E-state index in [0.717, 1.165) is 11.6 Å². The molecule has 0 unspecified atom stereocenters. The molecule has 0 bridgehead atoms. The number of halogens is 1. The molecule has 8 heteroatoms. The summed E-state index contributed by atoms with van der Waals surface area (Å²) >= 11 is 0. The van der Waals surface area contributed by atoms with Gasteiger partial charge in [0.25, 0.3) is 0 Å². The van der Waals surface area contributed by atoms with Gasteiger partial charge >= 0.3 is 0 Å². The first-order valence-corrected chi connectivity index (χ1v) is 6.69. The monoisotopic (exact) mass is 322 g/mol. The molecule has 118 valence electrons. The maximum atomic E-state index is 14.1. The summed E-state index contributed by atoms with van der Waals surface area (Å²) in [6.45, 7) is 0.161. The van der Waals surface area contributed by atoms with Crippen LogP contribution < -0.4 is 10.1 Å². The molecule has 0 aliphatic rings. The number of nitriles is 3. The average molecular weight is 322 g/mol. The zero-order valence-corrected chi connectivity index (χ0v) is 12.6. The number of nitrogens with one attached hydrogen (secondary N) is 1. The summed E-state index contributed by atoms with van der Waals surface area (Å²) in [5, 5.41) is 33.0. The maximum absolute atomic E-state index is 14.1. The van der Waals surface area contributed by atoms with E-state index in [4.69, 9.17) is 20.5 Å². The highest BCUT2D eigenvalue weighted by Crippen LogP contribution is 2.23. The van der Waals surface area contributed by atoms with Gasteiger partial charge < -0.3 is 10.1 Å². The molecule has 1 N–H and O–H groups in total. The second kappa shape index (κ2) is 7.44. The number of aryl methyl sites for hydroxylation is 1. The molecule has 0 atom stereocenters. The van der Waals surface area contributed by atoms with Crippen molar-refractivity contribution in [2.75, 3.05) is 5.32 Å². The Morgan fingerprint density at radius 2 is 2.04 bits per heavy atom. The van der Waals surface area contributed by atoms with Gasteiger partial charge in [0.2, 0.25) is 0 Å². The van der Waals surface area contributed by atoms with E-state index in [1.807, 2.05) is 0 Å². The van der Waals surface area contributed by atoms with E-state index < -0.39 is 5.82 Å². The number of rotatable bonds is 5. The van der Waals surface area contributed by atoms with Crippen LogP contribution in [0.4, 0.5) is 10.1 Å². The van der Waals surface area contributed by atoms with Gasteiger partial charge in [0, 0.05) is 30.6 Å². The van der Waals surface area contributed by atoms with Gasteiger partial charge in [-0.05, 0) is 12.1 Å². The second-order valence-corrected chi connectivity index (χ2v) is 4.67. The normalized spacial score (nSPS) is 9.29. The van der Waals surface area contributed by atoms with Crippen LogP contribution in [0.25, 0.3) is 0 Å². The van der Waals surface area contributed by atoms with Crippen LogP contribution in [0.3, 0.4) is 0 Å². The lowest BCUT2D eigenvalue weighted by Crippen LogP contribution is -2.02. The summed E-state index contributed by atoms with van der Waals surface area (Å²) in [5.74, 6) is -0.607. The van der Waals surface area contributed by atoms with Crippen LogP contribution in [0.15, 0.2) is 41.9 Å². The van der Waals surface area contributed by atoms with Crippen molar-refractivity contribution in [1.29, 1.82) is 15.8 Å². The third-order valence-corrected chi connectivity index (χ3v) is 2.94. The third-order valence-electron chi connectivity index (χ3n) is 2.94. The molecule has 0 spiro atoms. The highest BCUT2D eigenvalue weighted by Gasteiger charge is 2.10. The lowest BCUT2D eigenvalue weighted by Gasteiger charge is -2.09. The molecule has 1 aromatic heterocycles. The topological polar surface area (TPSA) is 110 Å². The zero-order valence-electron chi connectivity index (χ0n) is 12.6. The molecule has 24 heavy (non-hydrogen) atoms. The molecule has 2 rings (SSSR count). The van der Waals surface area contributed by atoms with Gasteiger partial charge in [-0.25, -0.2) is 4.39 Å². The van der Waals surface area contributed by atoms with Gasteiger partial charge in [-0.3, -0.25) is 4.68 Å². The first-order valence-electron chi connectivity index (χ1n) is 6.69. The van der Waals surface area contributed by atoms with Crippen LogP contribution >= 0.6 is 0 Å². The lowest BCUT2D eigenvalue weighted by atomic mass is 10.2. The SMILES string of the molecule is Cn1cc(COc2ccc(NC(C#N)=C(C#N)C#N)cc2F)cn1. The Labute approximate surface area is 137 Å². The molecule has 0 aliphatic heterocycles. The summed E-state index contributed by atoms with van der Waals surface area (Å²) in [6.07, 6.45) is 3.37. The van der Waals surface area contributed by atoms with Gasteiger partial charge in [-0.15, -0.1) is 0 Å². The number of hydrogen-bond donors (Lipinski definition) is 1. The lowest BCUT2D eigenvalue weighted by molar-refractivity contribution is 0.290. The molecule has 1 heterocycles. The minimum absolute atomic E-state index is 0.0349. The number of benzene rings is 1. The Morgan fingerprint density at radius 1 is 1.29 bits per heavy atom. The molecular weight excluding hydrogens is 311 g/mol. The van der Waals surface area contributed by atoms with Crippen LogP contribution in [0.2, 0.25) is 0 Å². The molecule has 0 amide bonds.